The minimum atomic E-state index is 0.131. The Morgan fingerprint density at radius 2 is 2.07 bits per heavy atom. The predicted molar refractivity (Wildman–Crippen MR) is 66.9 cm³/mol. The van der Waals surface area contributed by atoms with Crippen molar-refractivity contribution < 1.29 is 4.79 Å². The van der Waals surface area contributed by atoms with Gasteiger partial charge in [0.1, 0.15) is 0 Å². The van der Waals surface area contributed by atoms with Gasteiger partial charge in [-0.3, -0.25) is 4.79 Å². The highest BCUT2D eigenvalue weighted by Crippen LogP contribution is 2.15. The van der Waals surface area contributed by atoms with Crippen molar-refractivity contribution in [3.63, 3.8) is 0 Å². The van der Waals surface area contributed by atoms with Gasteiger partial charge in [0.2, 0.25) is 0 Å². The summed E-state index contributed by atoms with van der Waals surface area (Å²) in [4.78, 5) is 14.8. The Morgan fingerprint density at radius 1 is 1.33 bits per heavy atom. The van der Waals surface area contributed by atoms with Gasteiger partial charge < -0.3 is 4.90 Å². The van der Waals surface area contributed by atoms with E-state index in [1.165, 1.54) is 0 Å². The van der Waals surface area contributed by atoms with Gasteiger partial charge in [-0.25, -0.2) is 0 Å². The van der Waals surface area contributed by atoms with E-state index in [1.54, 1.807) is 0 Å². The SMILES string of the molecule is O=C(c1cccc(S)c1)N1CCSCC1. The van der Waals surface area contributed by atoms with Gasteiger partial charge in [-0.15, -0.1) is 12.6 Å². The van der Waals surface area contributed by atoms with Crippen molar-refractivity contribution >= 4 is 30.3 Å². The first-order valence-electron chi connectivity index (χ1n) is 4.93. The van der Waals surface area contributed by atoms with Gasteiger partial charge in [-0.2, -0.15) is 11.8 Å². The van der Waals surface area contributed by atoms with Crippen LogP contribution in [0.25, 0.3) is 0 Å². The molecule has 2 rings (SSSR count). The topological polar surface area (TPSA) is 20.3 Å². The maximum absolute atomic E-state index is 12.0. The summed E-state index contributed by atoms with van der Waals surface area (Å²) in [5.41, 5.74) is 0.745. The number of thiol groups is 1. The summed E-state index contributed by atoms with van der Waals surface area (Å²) in [5.74, 6) is 2.23. The van der Waals surface area contributed by atoms with Crippen LogP contribution in [0.4, 0.5) is 0 Å². The molecular formula is C11H13NOS2. The average molecular weight is 239 g/mol. The van der Waals surface area contributed by atoms with Gasteiger partial charge in [0.25, 0.3) is 5.91 Å². The molecule has 0 unspecified atom stereocenters. The van der Waals surface area contributed by atoms with Crippen LogP contribution in [0.3, 0.4) is 0 Å². The van der Waals surface area contributed by atoms with Crippen molar-refractivity contribution in [3.05, 3.63) is 29.8 Å². The summed E-state index contributed by atoms with van der Waals surface area (Å²) in [6.45, 7) is 1.72. The van der Waals surface area contributed by atoms with E-state index >= 15 is 0 Å². The lowest BCUT2D eigenvalue weighted by molar-refractivity contribution is 0.0772. The van der Waals surface area contributed by atoms with E-state index in [-0.39, 0.29) is 5.91 Å². The standard InChI is InChI=1S/C11H13NOS2/c13-11(12-4-6-15-7-5-12)9-2-1-3-10(14)8-9/h1-3,8,14H,4-7H2. The molecule has 80 valence electrons. The third kappa shape index (κ3) is 2.69. The summed E-state index contributed by atoms with van der Waals surface area (Å²) in [7, 11) is 0. The molecule has 1 aromatic rings. The summed E-state index contributed by atoms with van der Waals surface area (Å²) in [6.07, 6.45) is 0. The summed E-state index contributed by atoms with van der Waals surface area (Å²) in [6, 6.07) is 7.43. The molecule has 1 aliphatic rings. The molecule has 1 amide bonds. The largest absolute Gasteiger partial charge is 0.337 e. The van der Waals surface area contributed by atoms with Crippen LogP contribution in [0.15, 0.2) is 29.2 Å². The fraction of sp³-hybridized carbons (Fsp3) is 0.364. The third-order valence-corrected chi connectivity index (χ3v) is 3.61. The third-order valence-electron chi connectivity index (χ3n) is 2.39. The number of amides is 1. The Labute approximate surface area is 99.4 Å². The number of rotatable bonds is 1. The van der Waals surface area contributed by atoms with Crippen LogP contribution < -0.4 is 0 Å². The second kappa shape index (κ2) is 4.94. The molecule has 1 aliphatic heterocycles. The lowest BCUT2D eigenvalue weighted by Crippen LogP contribution is -2.37. The van der Waals surface area contributed by atoms with E-state index in [2.05, 4.69) is 12.6 Å². The number of thioether (sulfide) groups is 1. The average Bonchev–Trinajstić information content (AvgIpc) is 2.29. The van der Waals surface area contributed by atoms with Crippen molar-refractivity contribution in [2.75, 3.05) is 24.6 Å². The zero-order chi connectivity index (χ0) is 10.7. The van der Waals surface area contributed by atoms with E-state index in [1.807, 2.05) is 40.9 Å². The minimum Gasteiger partial charge on any atom is -0.337 e. The number of hydrogen-bond acceptors (Lipinski definition) is 3. The summed E-state index contributed by atoms with van der Waals surface area (Å²) < 4.78 is 0. The van der Waals surface area contributed by atoms with Crippen molar-refractivity contribution in [2.45, 2.75) is 4.90 Å². The predicted octanol–water partition coefficient (Wildman–Crippen LogP) is 2.16. The molecule has 0 aromatic heterocycles. The van der Waals surface area contributed by atoms with E-state index in [0.29, 0.717) is 0 Å². The normalized spacial score (nSPS) is 16.5. The maximum Gasteiger partial charge on any atom is 0.253 e. The van der Waals surface area contributed by atoms with Crippen molar-refractivity contribution in [1.29, 1.82) is 0 Å². The molecule has 1 aromatic carbocycles. The number of carbonyl (C=O) groups is 1. The fourth-order valence-electron chi connectivity index (χ4n) is 1.59. The summed E-state index contributed by atoms with van der Waals surface area (Å²) >= 11 is 6.14. The van der Waals surface area contributed by atoms with Gasteiger partial charge in [-0.05, 0) is 18.2 Å². The smallest absolute Gasteiger partial charge is 0.253 e. The Morgan fingerprint density at radius 3 is 2.73 bits per heavy atom. The van der Waals surface area contributed by atoms with Crippen LogP contribution in [-0.2, 0) is 0 Å². The van der Waals surface area contributed by atoms with E-state index in [9.17, 15) is 4.79 Å². The molecule has 2 nitrogen and oxygen atoms in total. The molecule has 4 heteroatoms. The number of hydrogen-bond donors (Lipinski definition) is 1. The van der Waals surface area contributed by atoms with Crippen LogP contribution >= 0.6 is 24.4 Å². The first-order valence-corrected chi connectivity index (χ1v) is 6.53. The molecule has 1 saturated heterocycles. The minimum absolute atomic E-state index is 0.131. The van der Waals surface area contributed by atoms with Gasteiger partial charge >= 0.3 is 0 Å². The van der Waals surface area contributed by atoms with E-state index in [4.69, 9.17) is 0 Å². The number of benzene rings is 1. The quantitative estimate of drug-likeness (QED) is 0.758. The molecule has 0 atom stereocenters. The van der Waals surface area contributed by atoms with Crippen LogP contribution in [0, 0.1) is 0 Å². The van der Waals surface area contributed by atoms with Gasteiger partial charge in [0.05, 0.1) is 0 Å². The van der Waals surface area contributed by atoms with E-state index in [0.717, 1.165) is 35.1 Å². The fourth-order valence-corrected chi connectivity index (χ4v) is 2.72. The van der Waals surface area contributed by atoms with Crippen LogP contribution in [0.1, 0.15) is 10.4 Å². The molecular weight excluding hydrogens is 226 g/mol. The Kier molecular flexibility index (Phi) is 3.59. The van der Waals surface area contributed by atoms with Crippen LogP contribution in [-0.4, -0.2) is 35.4 Å². The molecule has 0 bridgehead atoms. The first kappa shape index (κ1) is 10.9. The Hall–Kier alpha value is -0.610. The molecule has 1 fully saturated rings. The first-order chi connectivity index (χ1) is 7.27. The number of nitrogens with zero attached hydrogens (tertiary/aromatic N) is 1. The Bertz CT molecular complexity index is 361. The maximum atomic E-state index is 12.0. The summed E-state index contributed by atoms with van der Waals surface area (Å²) in [5, 5.41) is 0. The molecule has 0 radical (unpaired) electrons. The second-order valence-electron chi connectivity index (χ2n) is 3.45. The van der Waals surface area contributed by atoms with Gasteiger partial charge in [0.15, 0.2) is 0 Å². The molecule has 0 spiro atoms. The van der Waals surface area contributed by atoms with Crippen molar-refractivity contribution in [3.8, 4) is 0 Å². The zero-order valence-electron chi connectivity index (χ0n) is 8.35. The van der Waals surface area contributed by atoms with Crippen molar-refractivity contribution in [1.82, 2.24) is 4.90 Å². The highest BCUT2D eigenvalue weighted by Gasteiger charge is 2.17. The van der Waals surface area contributed by atoms with Crippen LogP contribution in [0.2, 0.25) is 0 Å². The highest BCUT2D eigenvalue weighted by molar-refractivity contribution is 7.99. The Balaban J connectivity index is 2.12. The van der Waals surface area contributed by atoms with Gasteiger partial charge in [-0.1, -0.05) is 6.07 Å². The molecule has 0 N–H and O–H groups in total. The van der Waals surface area contributed by atoms with Crippen LogP contribution in [0.5, 0.6) is 0 Å². The highest BCUT2D eigenvalue weighted by atomic mass is 32.2. The molecule has 0 saturated carbocycles. The van der Waals surface area contributed by atoms with E-state index < -0.39 is 0 Å². The zero-order valence-corrected chi connectivity index (χ0v) is 10.1. The number of carbonyl (C=O) groups excluding carboxylic acids is 1. The molecule has 1 heterocycles. The van der Waals surface area contributed by atoms with Gasteiger partial charge in [0, 0.05) is 35.1 Å². The monoisotopic (exact) mass is 239 g/mol. The lowest BCUT2D eigenvalue weighted by Gasteiger charge is -2.26. The molecule has 0 aliphatic carbocycles. The van der Waals surface area contributed by atoms with Crippen molar-refractivity contribution in [2.24, 2.45) is 0 Å². The second-order valence-corrected chi connectivity index (χ2v) is 5.20. The lowest BCUT2D eigenvalue weighted by atomic mass is 10.2. The molecule has 15 heavy (non-hydrogen) atoms.